The number of amidine groups is 1. The third-order valence-electron chi connectivity index (χ3n) is 2.39. The Kier molecular flexibility index (Phi) is 5.30. The lowest BCUT2D eigenvalue weighted by Crippen LogP contribution is -2.33. The molecule has 1 aliphatic heterocycles. The van der Waals surface area contributed by atoms with E-state index >= 15 is 0 Å². The van der Waals surface area contributed by atoms with E-state index < -0.39 is 0 Å². The molecule has 1 heterocycles. The van der Waals surface area contributed by atoms with Gasteiger partial charge in [0.15, 0.2) is 0 Å². The molecule has 0 saturated heterocycles. The van der Waals surface area contributed by atoms with Gasteiger partial charge in [-0.15, -0.1) is 0 Å². The minimum atomic E-state index is 0.607. The minimum Gasteiger partial charge on any atom is -0.362 e. The van der Waals surface area contributed by atoms with Crippen molar-refractivity contribution in [1.29, 1.82) is 5.26 Å². The van der Waals surface area contributed by atoms with Crippen LogP contribution < -0.4 is 5.32 Å². The summed E-state index contributed by atoms with van der Waals surface area (Å²) in [4.78, 5) is 6.44. The Morgan fingerprint density at radius 2 is 2.44 bits per heavy atom. The van der Waals surface area contributed by atoms with Gasteiger partial charge in [-0.1, -0.05) is 13.0 Å². The Balaban J connectivity index is 2.54. The van der Waals surface area contributed by atoms with Gasteiger partial charge in [-0.2, -0.15) is 5.26 Å². The molecule has 0 spiro atoms. The van der Waals surface area contributed by atoms with Gasteiger partial charge >= 0.3 is 0 Å². The molecule has 0 saturated carbocycles. The summed E-state index contributed by atoms with van der Waals surface area (Å²) in [5.41, 5.74) is 0.607. The van der Waals surface area contributed by atoms with Gasteiger partial charge in [0.2, 0.25) is 0 Å². The van der Waals surface area contributed by atoms with Crippen molar-refractivity contribution in [3.05, 3.63) is 23.9 Å². The zero-order valence-corrected chi connectivity index (χ0v) is 9.90. The lowest BCUT2D eigenvalue weighted by atomic mass is 10.2. The van der Waals surface area contributed by atoms with Crippen molar-refractivity contribution < 1.29 is 0 Å². The van der Waals surface area contributed by atoms with E-state index in [1.807, 2.05) is 19.2 Å². The number of hydrogen-bond acceptors (Lipinski definition) is 4. The standard InChI is InChI=1S/C12H18N4/c1-3-14-7-8-16(2)12-6-4-5-11(9-13)10-15-12/h4-5,10,14H,3,6-8H2,1-2H3. The van der Waals surface area contributed by atoms with Gasteiger partial charge < -0.3 is 10.2 Å². The normalized spacial score (nSPS) is 14.8. The quantitative estimate of drug-likeness (QED) is 0.723. The molecule has 1 rings (SSSR count). The van der Waals surface area contributed by atoms with E-state index in [1.165, 1.54) is 0 Å². The van der Waals surface area contributed by atoms with Gasteiger partial charge in [-0.25, -0.2) is 4.99 Å². The molecule has 86 valence electrons. The Morgan fingerprint density at radius 1 is 1.62 bits per heavy atom. The number of likely N-dealkylation sites (N-methyl/N-ethyl adjacent to an activating group) is 2. The Hall–Kier alpha value is -1.60. The van der Waals surface area contributed by atoms with E-state index in [4.69, 9.17) is 5.26 Å². The topological polar surface area (TPSA) is 51.4 Å². The Labute approximate surface area is 97.0 Å². The van der Waals surface area contributed by atoms with Crippen LogP contribution in [0.4, 0.5) is 0 Å². The summed E-state index contributed by atoms with van der Waals surface area (Å²) >= 11 is 0. The highest BCUT2D eigenvalue weighted by atomic mass is 15.2. The molecule has 0 radical (unpaired) electrons. The van der Waals surface area contributed by atoms with Crippen molar-refractivity contribution in [2.75, 3.05) is 26.7 Å². The third kappa shape index (κ3) is 3.87. The van der Waals surface area contributed by atoms with E-state index in [1.54, 1.807) is 6.20 Å². The maximum Gasteiger partial charge on any atom is 0.108 e. The lowest BCUT2D eigenvalue weighted by Gasteiger charge is -2.19. The average Bonchev–Trinajstić information content (AvgIpc) is 2.54. The van der Waals surface area contributed by atoms with Crippen LogP contribution in [0.25, 0.3) is 0 Å². The van der Waals surface area contributed by atoms with Crippen LogP contribution >= 0.6 is 0 Å². The van der Waals surface area contributed by atoms with Crippen LogP contribution in [0.5, 0.6) is 0 Å². The van der Waals surface area contributed by atoms with Crippen molar-refractivity contribution in [1.82, 2.24) is 10.2 Å². The fraction of sp³-hybridized carbons (Fsp3) is 0.500. The summed E-state index contributed by atoms with van der Waals surface area (Å²) in [6, 6.07) is 2.09. The smallest absolute Gasteiger partial charge is 0.108 e. The molecule has 0 unspecified atom stereocenters. The molecule has 0 aromatic rings. The van der Waals surface area contributed by atoms with E-state index in [2.05, 4.69) is 28.2 Å². The maximum atomic E-state index is 8.75. The third-order valence-corrected chi connectivity index (χ3v) is 2.39. The summed E-state index contributed by atoms with van der Waals surface area (Å²) < 4.78 is 0. The SMILES string of the molecule is CCNCCN(C)C1=NC=C(C#N)C=CC1. The first-order valence-corrected chi connectivity index (χ1v) is 5.53. The van der Waals surface area contributed by atoms with E-state index in [0.29, 0.717) is 5.57 Å². The molecule has 0 aliphatic carbocycles. The van der Waals surface area contributed by atoms with Crippen LogP contribution in [0.15, 0.2) is 28.9 Å². The summed E-state index contributed by atoms with van der Waals surface area (Å²) in [6.07, 6.45) is 6.20. The van der Waals surface area contributed by atoms with Crippen LogP contribution in [0.3, 0.4) is 0 Å². The van der Waals surface area contributed by atoms with E-state index in [9.17, 15) is 0 Å². The van der Waals surface area contributed by atoms with Gasteiger partial charge in [0.05, 0.1) is 5.57 Å². The number of aliphatic imine (C=N–C) groups is 1. The number of rotatable bonds is 4. The highest BCUT2D eigenvalue weighted by Gasteiger charge is 2.05. The van der Waals surface area contributed by atoms with E-state index in [0.717, 1.165) is 31.9 Å². The number of nitrogens with zero attached hydrogens (tertiary/aromatic N) is 3. The molecular formula is C12H18N4. The van der Waals surface area contributed by atoms with Crippen molar-refractivity contribution in [3.63, 3.8) is 0 Å². The molecule has 1 aliphatic rings. The molecule has 0 atom stereocenters. The minimum absolute atomic E-state index is 0.607. The van der Waals surface area contributed by atoms with Gasteiger partial charge in [0, 0.05) is 32.8 Å². The average molecular weight is 218 g/mol. The molecule has 1 N–H and O–H groups in total. The summed E-state index contributed by atoms with van der Waals surface area (Å²) in [6.45, 7) is 4.95. The number of hydrogen-bond donors (Lipinski definition) is 1. The first-order valence-electron chi connectivity index (χ1n) is 5.53. The first kappa shape index (κ1) is 12.5. The fourth-order valence-corrected chi connectivity index (χ4v) is 1.40. The Bertz CT molecular complexity index is 347. The maximum absolute atomic E-state index is 8.75. The Morgan fingerprint density at radius 3 is 3.12 bits per heavy atom. The van der Waals surface area contributed by atoms with Gasteiger partial charge in [0.25, 0.3) is 0 Å². The number of nitrogens with one attached hydrogen (secondary N) is 1. The first-order chi connectivity index (χ1) is 7.77. The summed E-state index contributed by atoms with van der Waals surface area (Å²) in [7, 11) is 2.02. The molecular weight excluding hydrogens is 200 g/mol. The zero-order valence-electron chi connectivity index (χ0n) is 9.90. The van der Waals surface area contributed by atoms with Crippen molar-refractivity contribution in [2.24, 2.45) is 4.99 Å². The second-order valence-corrected chi connectivity index (χ2v) is 3.62. The number of nitriles is 1. The van der Waals surface area contributed by atoms with E-state index in [-0.39, 0.29) is 0 Å². The van der Waals surface area contributed by atoms with Crippen LogP contribution in [0, 0.1) is 11.3 Å². The molecule has 0 amide bonds. The predicted molar refractivity (Wildman–Crippen MR) is 66.1 cm³/mol. The van der Waals surface area contributed by atoms with Crippen LogP contribution in [-0.4, -0.2) is 37.4 Å². The monoisotopic (exact) mass is 218 g/mol. The largest absolute Gasteiger partial charge is 0.362 e. The van der Waals surface area contributed by atoms with Crippen molar-refractivity contribution in [2.45, 2.75) is 13.3 Å². The summed E-state index contributed by atoms with van der Waals surface area (Å²) in [5.74, 6) is 0.999. The van der Waals surface area contributed by atoms with Crippen LogP contribution in [0.1, 0.15) is 13.3 Å². The van der Waals surface area contributed by atoms with Gasteiger partial charge in [-0.05, 0) is 12.6 Å². The molecule has 0 aromatic carbocycles. The van der Waals surface area contributed by atoms with Crippen LogP contribution in [-0.2, 0) is 0 Å². The van der Waals surface area contributed by atoms with Crippen molar-refractivity contribution in [3.8, 4) is 6.07 Å². The zero-order chi connectivity index (χ0) is 11.8. The highest BCUT2D eigenvalue weighted by Crippen LogP contribution is 2.06. The molecule has 4 heteroatoms. The van der Waals surface area contributed by atoms with Gasteiger partial charge in [-0.3, -0.25) is 0 Å². The van der Waals surface area contributed by atoms with Crippen molar-refractivity contribution >= 4 is 5.84 Å². The fourth-order valence-electron chi connectivity index (χ4n) is 1.40. The molecule has 16 heavy (non-hydrogen) atoms. The summed E-state index contributed by atoms with van der Waals surface area (Å²) in [5, 5.41) is 12.0. The second-order valence-electron chi connectivity index (χ2n) is 3.62. The van der Waals surface area contributed by atoms with Gasteiger partial charge in [0.1, 0.15) is 11.9 Å². The highest BCUT2D eigenvalue weighted by molar-refractivity contribution is 5.84. The number of allylic oxidation sites excluding steroid dienone is 2. The predicted octanol–water partition coefficient (Wildman–Crippen LogP) is 1.29. The molecule has 0 fully saturated rings. The molecule has 4 nitrogen and oxygen atoms in total. The van der Waals surface area contributed by atoms with Crippen LogP contribution in [0.2, 0.25) is 0 Å². The molecule has 0 aromatic heterocycles. The second kappa shape index (κ2) is 6.81. The lowest BCUT2D eigenvalue weighted by molar-refractivity contribution is 0.480. The molecule has 0 bridgehead atoms.